The first-order chi connectivity index (χ1) is 8.08. The Morgan fingerprint density at radius 1 is 1.35 bits per heavy atom. The van der Waals surface area contributed by atoms with E-state index < -0.39 is 0 Å². The summed E-state index contributed by atoms with van der Waals surface area (Å²) < 4.78 is 0. The molecule has 0 saturated carbocycles. The molecule has 92 valence electrons. The lowest BCUT2D eigenvalue weighted by Gasteiger charge is -2.19. The number of likely N-dealkylation sites (N-methyl/N-ethyl adjacent to an activating group) is 1. The Bertz CT molecular complexity index is 399. The molecular formula is C14H20N2O. The Morgan fingerprint density at radius 2 is 2.00 bits per heavy atom. The van der Waals surface area contributed by atoms with Crippen LogP contribution in [0.2, 0.25) is 0 Å². The maximum absolute atomic E-state index is 11.8. The average molecular weight is 232 g/mol. The number of nitrogens with zero attached hydrogens (tertiary/aromatic N) is 1. The number of carbonyl (C=O) groups excluding carboxylic acids is 1. The Labute approximate surface area is 103 Å². The maximum Gasteiger partial charge on any atom is 0.239 e. The van der Waals surface area contributed by atoms with E-state index >= 15 is 0 Å². The summed E-state index contributed by atoms with van der Waals surface area (Å²) in [7, 11) is 1.86. The molecule has 1 aliphatic rings. The van der Waals surface area contributed by atoms with Crippen LogP contribution in [0, 0.1) is 6.92 Å². The molecule has 0 bridgehead atoms. The van der Waals surface area contributed by atoms with Gasteiger partial charge >= 0.3 is 0 Å². The molecule has 3 heteroatoms. The third-order valence-electron chi connectivity index (χ3n) is 3.46. The zero-order valence-electron chi connectivity index (χ0n) is 10.7. The summed E-state index contributed by atoms with van der Waals surface area (Å²) in [4.78, 5) is 13.6. The monoisotopic (exact) mass is 232 g/mol. The SMILES string of the molecule is Cc1ccc(C(C)NC2CCN(C)C2=O)cc1. The van der Waals surface area contributed by atoms with Gasteiger partial charge in [-0.1, -0.05) is 29.8 Å². The highest BCUT2D eigenvalue weighted by atomic mass is 16.2. The van der Waals surface area contributed by atoms with Crippen LogP contribution in [0.25, 0.3) is 0 Å². The molecule has 3 nitrogen and oxygen atoms in total. The fourth-order valence-electron chi connectivity index (χ4n) is 2.23. The van der Waals surface area contributed by atoms with E-state index in [1.54, 1.807) is 4.90 Å². The summed E-state index contributed by atoms with van der Waals surface area (Å²) in [5.41, 5.74) is 2.50. The van der Waals surface area contributed by atoms with Crippen LogP contribution in [0.5, 0.6) is 0 Å². The number of hydrogen-bond donors (Lipinski definition) is 1. The van der Waals surface area contributed by atoms with Crippen molar-refractivity contribution in [3.8, 4) is 0 Å². The van der Waals surface area contributed by atoms with Crippen LogP contribution < -0.4 is 5.32 Å². The zero-order valence-corrected chi connectivity index (χ0v) is 10.7. The number of rotatable bonds is 3. The summed E-state index contributed by atoms with van der Waals surface area (Å²) in [6.07, 6.45) is 0.908. The normalized spacial score (nSPS) is 21.9. The van der Waals surface area contributed by atoms with Crippen LogP contribution in [0.4, 0.5) is 0 Å². The van der Waals surface area contributed by atoms with Crippen molar-refractivity contribution >= 4 is 5.91 Å². The molecule has 2 rings (SSSR count). The second-order valence-electron chi connectivity index (χ2n) is 4.90. The zero-order chi connectivity index (χ0) is 12.4. The largest absolute Gasteiger partial charge is 0.344 e. The van der Waals surface area contributed by atoms with Crippen molar-refractivity contribution in [3.05, 3.63) is 35.4 Å². The number of aryl methyl sites for hydroxylation is 1. The first-order valence-corrected chi connectivity index (χ1v) is 6.15. The van der Waals surface area contributed by atoms with Crippen LogP contribution in [0.15, 0.2) is 24.3 Å². The van der Waals surface area contributed by atoms with Crippen LogP contribution in [-0.4, -0.2) is 30.4 Å². The van der Waals surface area contributed by atoms with E-state index in [0.717, 1.165) is 13.0 Å². The molecule has 1 aliphatic heterocycles. The minimum absolute atomic E-state index is 0.0173. The molecule has 2 unspecified atom stereocenters. The van der Waals surface area contributed by atoms with Crippen LogP contribution in [0.3, 0.4) is 0 Å². The van der Waals surface area contributed by atoms with Gasteiger partial charge in [-0.15, -0.1) is 0 Å². The third-order valence-corrected chi connectivity index (χ3v) is 3.46. The van der Waals surface area contributed by atoms with Gasteiger partial charge in [0, 0.05) is 19.6 Å². The summed E-state index contributed by atoms with van der Waals surface area (Å²) in [6.45, 7) is 5.05. The van der Waals surface area contributed by atoms with Crippen molar-refractivity contribution in [2.45, 2.75) is 32.4 Å². The van der Waals surface area contributed by atoms with Crippen molar-refractivity contribution in [3.63, 3.8) is 0 Å². The van der Waals surface area contributed by atoms with Gasteiger partial charge in [0.25, 0.3) is 0 Å². The van der Waals surface area contributed by atoms with Gasteiger partial charge < -0.3 is 4.90 Å². The second-order valence-corrected chi connectivity index (χ2v) is 4.90. The highest BCUT2D eigenvalue weighted by Crippen LogP contribution is 2.17. The lowest BCUT2D eigenvalue weighted by molar-refractivity contribution is -0.128. The van der Waals surface area contributed by atoms with Crippen molar-refractivity contribution < 1.29 is 4.79 Å². The number of likely N-dealkylation sites (tertiary alicyclic amines) is 1. The predicted molar refractivity (Wildman–Crippen MR) is 68.8 cm³/mol. The van der Waals surface area contributed by atoms with Crippen LogP contribution in [-0.2, 0) is 4.79 Å². The molecule has 0 radical (unpaired) electrons. The molecule has 0 aromatic heterocycles. The Kier molecular flexibility index (Phi) is 3.48. The van der Waals surface area contributed by atoms with Gasteiger partial charge in [0.2, 0.25) is 5.91 Å². The Hall–Kier alpha value is -1.35. The van der Waals surface area contributed by atoms with Gasteiger partial charge in [-0.3, -0.25) is 10.1 Å². The molecule has 2 atom stereocenters. The highest BCUT2D eigenvalue weighted by Gasteiger charge is 2.29. The van der Waals surface area contributed by atoms with Crippen molar-refractivity contribution in [2.75, 3.05) is 13.6 Å². The molecule has 1 heterocycles. The first kappa shape index (κ1) is 12.1. The van der Waals surface area contributed by atoms with Gasteiger partial charge in [0.05, 0.1) is 6.04 Å². The summed E-state index contributed by atoms with van der Waals surface area (Å²) >= 11 is 0. The average Bonchev–Trinajstić information content (AvgIpc) is 2.62. The van der Waals surface area contributed by atoms with E-state index in [0.29, 0.717) is 0 Å². The van der Waals surface area contributed by atoms with Crippen molar-refractivity contribution in [1.29, 1.82) is 0 Å². The van der Waals surface area contributed by atoms with Gasteiger partial charge in [0.1, 0.15) is 0 Å². The topological polar surface area (TPSA) is 32.3 Å². The molecule has 1 aromatic rings. The fraction of sp³-hybridized carbons (Fsp3) is 0.500. The number of benzene rings is 1. The smallest absolute Gasteiger partial charge is 0.239 e. The van der Waals surface area contributed by atoms with E-state index in [-0.39, 0.29) is 18.0 Å². The molecule has 1 aromatic carbocycles. The molecule has 1 N–H and O–H groups in total. The quantitative estimate of drug-likeness (QED) is 0.863. The lowest BCUT2D eigenvalue weighted by Crippen LogP contribution is -2.38. The highest BCUT2D eigenvalue weighted by molar-refractivity contribution is 5.83. The van der Waals surface area contributed by atoms with Gasteiger partial charge in [0.15, 0.2) is 0 Å². The number of amides is 1. The number of carbonyl (C=O) groups is 1. The van der Waals surface area contributed by atoms with Crippen molar-refractivity contribution in [2.24, 2.45) is 0 Å². The van der Waals surface area contributed by atoms with E-state index in [4.69, 9.17) is 0 Å². The number of hydrogen-bond acceptors (Lipinski definition) is 2. The molecule has 0 aliphatic carbocycles. The molecule has 17 heavy (non-hydrogen) atoms. The molecular weight excluding hydrogens is 212 g/mol. The summed E-state index contributed by atoms with van der Waals surface area (Å²) in [6, 6.07) is 8.66. The van der Waals surface area contributed by atoms with Crippen LogP contribution >= 0.6 is 0 Å². The Morgan fingerprint density at radius 3 is 2.53 bits per heavy atom. The van der Waals surface area contributed by atoms with Crippen molar-refractivity contribution in [1.82, 2.24) is 10.2 Å². The molecule has 1 fully saturated rings. The van der Waals surface area contributed by atoms with Gasteiger partial charge in [-0.25, -0.2) is 0 Å². The summed E-state index contributed by atoms with van der Waals surface area (Å²) in [5.74, 6) is 0.212. The molecule has 1 amide bonds. The van der Waals surface area contributed by atoms with Crippen LogP contribution in [0.1, 0.15) is 30.5 Å². The second kappa shape index (κ2) is 4.88. The van der Waals surface area contributed by atoms with E-state index in [1.165, 1.54) is 11.1 Å². The number of nitrogens with one attached hydrogen (secondary N) is 1. The predicted octanol–water partition coefficient (Wildman–Crippen LogP) is 1.88. The fourth-order valence-corrected chi connectivity index (χ4v) is 2.23. The molecule has 1 saturated heterocycles. The van der Waals surface area contributed by atoms with E-state index in [1.807, 2.05) is 7.05 Å². The lowest BCUT2D eigenvalue weighted by atomic mass is 10.1. The minimum Gasteiger partial charge on any atom is -0.344 e. The summed E-state index contributed by atoms with van der Waals surface area (Å²) in [5, 5.41) is 3.40. The maximum atomic E-state index is 11.8. The van der Waals surface area contributed by atoms with Gasteiger partial charge in [-0.05, 0) is 25.8 Å². The standard InChI is InChI=1S/C14H20N2O/c1-10-4-6-12(7-5-10)11(2)15-13-8-9-16(3)14(13)17/h4-7,11,13,15H,8-9H2,1-3H3. The Balaban J connectivity index is 1.99. The minimum atomic E-state index is -0.0173. The first-order valence-electron chi connectivity index (χ1n) is 6.15. The third kappa shape index (κ3) is 2.67. The molecule has 0 spiro atoms. The van der Waals surface area contributed by atoms with E-state index in [2.05, 4.69) is 43.4 Å². The van der Waals surface area contributed by atoms with E-state index in [9.17, 15) is 4.79 Å². The van der Waals surface area contributed by atoms with Gasteiger partial charge in [-0.2, -0.15) is 0 Å².